The van der Waals surface area contributed by atoms with Crippen molar-refractivity contribution in [3.05, 3.63) is 5.38 Å². The van der Waals surface area contributed by atoms with E-state index in [1.807, 2.05) is 0 Å². The Hall–Kier alpha value is 0.500. The second-order valence-electron chi connectivity index (χ2n) is 0.621. The van der Waals surface area contributed by atoms with Gasteiger partial charge in [0, 0.05) is 12.6 Å². The molecule has 34 valence electrons. The van der Waals surface area contributed by atoms with E-state index in [0.717, 1.165) is 0 Å². The molecule has 0 aromatic rings. The van der Waals surface area contributed by atoms with Crippen LogP contribution in [0.15, 0.2) is 0 Å². The summed E-state index contributed by atoms with van der Waals surface area (Å²) in [6.07, 6.45) is 0.573. The van der Waals surface area contributed by atoms with E-state index in [-0.39, 0.29) is 47.5 Å². The van der Waals surface area contributed by atoms with Gasteiger partial charge in [-0.25, -0.2) is 0 Å². The summed E-state index contributed by atoms with van der Waals surface area (Å²) in [5.74, 6) is 0. The predicted molar refractivity (Wildman–Crippen MR) is 21.2 cm³/mol. The molecule has 0 aliphatic rings. The zero-order valence-corrected chi connectivity index (χ0v) is 6.61. The van der Waals surface area contributed by atoms with Crippen molar-refractivity contribution in [3.63, 3.8) is 0 Å². The van der Waals surface area contributed by atoms with Crippen LogP contribution in [0.25, 0.3) is 0 Å². The van der Waals surface area contributed by atoms with E-state index in [9.17, 15) is 9.59 Å². The van der Waals surface area contributed by atoms with E-state index in [0.29, 0.717) is 0 Å². The van der Waals surface area contributed by atoms with Crippen molar-refractivity contribution in [1.29, 1.82) is 0 Å². The van der Waals surface area contributed by atoms with Gasteiger partial charge in [-0.2, -0.15) is 5.38 Å². The number of aldehydes is 2. The first-order valence-electron chi connectivity index (χ1n) is 1.24. The minimum atomic E-state index is -0.296. The van der Waals surface area contributed by atoms with Crippen LogP contribution in [0, 0.1) is 5.38 Å². The molecule has 0 saturated heterocycles. The summed E-state index contributed by atoms with van der Waals surface area (Å²) in [6.45, 7) is 0. The first kappa shape index (κ1) is 10.5. The molecule has 0 N–H and O–H groups in total. The molecule has 0 rings (SSSR count). The number of halogens is 1. The van der Waals surface area contributed by atoms with Crippen molar-refractivity contribution < 1.29 is 39.1 Å². The van der Waals surface area contributed by atoms with Crippen LogP contribution in [-0.2, 0) is 9.59 Å². The molecule has 2 nitrogen and oxygen atoms in total. The van der Waals surface area contributed by atoms with Crippen molar-refractivity contribution in [2.75, 3.05) is 0 Å². The van der Waals surface area contributed by atoms with Crippen LogP contribution < -0.4 is 29.6 Å². The maximum atomic E-state index is 9.34. The van der Waals surface area contributed by atoms with Gasteiger partial charge in [0.25, 0.3) is 0 Å². The first-order chi connectivity index (χ1) is 2.81. The molecule has 0 unspecified atom stereocenters. The summed E-state index contributed by atoms with van der Waals surface area (Å²) in [7, 11) is 0. The first-order valence-corrected chi connectivity index (χ1v) is 1.62. The van der Waals surface area contributed by atoms with Gasteiger partial charge in [-0.05, 0) is 0 Å². The smallest absolute Gasteiger partial charge is 0.336 e. The fraction of sp³-hybridized carbons (Fsp3) is 0. The molecule has 0 aliphatic heterocycles. The van der Waals surface area contributed by atoms with Crippen LogP contribution >= 0.6 is 11.6 Å². The molecule has 4 heteroatoms. The Morgan fingerprint density at radius 1 is 1.29 bits per heavy atom. The van der Waals surface area contributed by atoms with Crippen molar-refractivity contribution in [2.45, 2.75) is 0 Å². The van der Waals surface area contributed by atoms with Gasteiger partial charge in [0.05, 0.1) is 0 Å². The molecule has 0 amide bonds. The third-order valence-corrected chi connectivity index (χ3v) is 0.403. The zero-order valence-electron chi connectivity index (χ0n) is 3.85. The second kappa shape index (κ2) is 6.50. The Balaban J connectivity index is 0. The van der Waals surface area contributed by atoms with Crippen LogP contribution in [0.2, 0.25) is 0 Å². The molecule has 0 radical (unpaired) electrons. The summed E-state index contributed by atoms with van der Waals surface area (Å²) in [6, 6.07) is 0. The largest absolute Gasteiger partial charge is 1.00 e. The van der Waals surface area contributed by atoms with Crippen molar-refractivity contribution in [3.8, 4) is 0 Å². The van der Waals surface area contributed by atoms with Crippen LogP contribution in [0.5, 0.6) is 0 Å². The third kappa shape index (κ3) is 6.50. The topological polar surface area (TPSA) is 34.1 Å². The predicted octanol–water partition coefficient (Wildman–Crippen LogP) is -2.84. The van der Waals surface area contributed by atoms with Gasteiger partial charge in [-0.3, -0.25) is 0 Å². The van der Waals surface area contributed by atoms with E-state index < -0.39 is 0 Å². The summed E-state index contributed by atoms with van der Waals surface area (Å²) in [5.41, 5.74) is 0. The minimum Gasteiger partial charge on any atom is -0.336 e. The van der Waals surface area contributed by atoms with E-state index in [1.165, 1.54) is 0 Å². The average Bonchev–Trinajstić information content (AvgIpc) is 1.65. The van der Waals surface area contributed by atoms with E-state index in [2.05, 4.69) is 0 Å². The molecular formula is C3H2ClNaO2. The maximum absolute atomic E-state index is 9.34. The van der Waals surface area contributed by atoms with Crippen LogP contribution in [-0.4, -0.2) is 12.6 Å². The Labute approximate surface area is 68.5 Å². The normalized spacial score (nSPS) is 5.86. The Bertz CT molecular complexity index is 58.0. The molecule has 0 aliphatic carbocycles. The van der Waals surface area contributed by atoms with Gasteiger partial charge in [-0.15, -0.1) is 0 Å². The fourth-order valence-electron chi connectivity index (χ4n) is 0.0278. The standard InChI is InChI=1S/C3H2ClO2.Na/c4-3(1-5)2-6;/h1-2H;/q-1;+1. The molecule has 0 atom stereocenters. The van der Waals surface area contributed by atoms with Crippen LogP contribution in [0.1, 0.15) is 0 Å². The Kier molecular flexibility index (Phi) is 9.73. The van der Waals surface area contributed by atoms with Gasteiger partial charge >= 0.3 is 29.6 Å². The number of carbonyl (C=O) groups is 2. The molecule has 0 fully saturated rings. The van der Waals surface area contributed by atoms with E-state index in [4.69, 9.17) is 11.6 Å². The molecule has 0 saturated carbocycles. The maximum Gasteiger partial charge on any atom is 1.00 e. The number of hydrogen-bond donors (Lipinski definition) is 0. The summed E-state index contributed by atoms with van der Waals surface area (Å²) in [4.78, 5) is 18.7. The van der Waals surface area contributed by atoms with Gasteiger partial charge in [0.15, 0.2) is 0 Å². The third-order valence-electron chi connectivity index (χ3n) is 0.225. The number of carbonyl (C=O) groups excluding carboxylic acids is 2. The monoisotopic (exact) mass is 128 g/mol. The van der Waals surface area contributed by atoms with Gasteiger partial charge in [0.1, 0.15) is 0 Å². The Morgan fingerprint density at radius 2 is 1.57 bits per heavy atom. The molecular weight excluding hydrogens is 126 g/mol. The molecule has 0 bridgehead atoms. The quantitative estimate of drug-likeness (QED) is 0.174. The Morgan fingerprint density at radius 3 is 1.57 bits per heavy atom. The van der Waals surface area contributed by atoms with Crippen molar-refractivity contribution >= 4 is 24.2 Å². The average molecular weight is 128 g/mol. The molecule has 0 heterocycles. The summed E-state index contributed by atoms with van der Waals surface area (Å²) >= 11 is 4.83. The number of hydrogen-bond acceptors (Lipinski definition) is 2. The summed E-state index contributed by atoms with van der Waals surface area (Å²) in [5, 5.41) is -0.296. The summed E-state index contributed by atoms with van der Waals surface area (Å²) < 4.78 is 0. The minimum absolute atomic E-state index is 0. The van der Waals surface area contributed by atoms with E-state index in [1.54, 1.807) is 0 Å². The molecule has 0 spiro atoms. The van der Waals surface area contributed by atoms with E-state index >= 15 is 0 Å². The molecule has 7 heavy (non-hydrogen) atoms. The van der Waals surface area contributed by atoms with Gasteiger partial charge in [0.2, 0.25) is 0 Å². The molecule has 0 aromatic heterocycles. The SMILES string of the molecule is O=C[C-](Cl)C=O.[Na+]. The molecule has 0 aromatic carbocycles. The van der Waals surface area contributed by atoms with Crippen molar-refractivity contribution in [1.82, 2.24) is 0 Å². The van der Waals surface area contributed by atoms with Gasteiger partial charge < -0.3 is 21.2 Å². The van der Waals surface area contributed by atoms with Gasteiger partial charge in [-0.1, -0.05) is 0 Å². The van der Waals surface area contributed by atoms with Crippen molar-refractivity contribution in [2.24, 2.45) is 0 Å². The van der Waals surface area contributed by atoms with Crippen LogP contribution in [0.4, 0.5) is 0 Å². The zero-order chi connectivity index (χ0) is 4.99. The second-order valence-corrected chi connectivity index (χ2v) is 1.06. The number of rotatable bonds is 2. The fourth-order valence-corrected chi connectivity index (χ4v) is 0.0278. The van der Waals surface area contributed by atoms with Crippen LogP contribution in [0.3, 0.4) is 0 Å².